The van der Waals surface area contributed by atoms with Crippen molar-refractivity contribution >= 4 is 33.2 Å². The van der Waals surface area contributed by atoms with Crippen LogP contribution in [0.15, 0.2) is 72.0 Å². The first-order valence-electron chi connectivity index (χ1n) is 8.33. The van der Waals surface area contributed by atoms with Gasteiger partial charge in [-0.3, -0.25) is 0 Å². The molecule has 0 bridgehead atoms. The van der Waals surface area contributed by atoms with Crippen molar-refractivity contribution in [1.82, 2.24) is 14.5 Å². The molecule has 0 spiro atoms. The van der Waals surface area contributed by atoms with Crippen molar-refractivity contribution in [3.63, 3.8) is 0 Å². The van der Waals surface area contributed by atoms with Gasteiger partial charge >= 0.3 is 10.5 Å². The summed E-state index contributed by atoms with van der Waals surface area (Å²) in [7, 11) is -5.12. The van der Waals surface area contributed by atoms with Gasteiger partial charge in [0.1, 0.15) is 17.3 Å². The van der Waals surface area contributed by atoms with Gasteiger partial charge in [0.15, 0.2) is 5.16 Å². The van der Waals surface area contributed by atoms with E-state index < -0.39 is 10.5 Å². The van der Waals surface area contributed by atoms with Crippen LogP contribution in [0.3, 0.4) is 0 Å². The third-order valence-corrected chi connectivity index (χ3v) is 4.86. The molecule has 29 heavy (non-hydrogen) atoms. The number of hydrogen-bond donors (Lipinski definition) is 0. The summed E-state index contributed by atoms with van der Waals surface area (Å²) in [5, 5.41) is 1.56. The smallest absolute Gasteiger partial charge is 0.439 e. The average Bonchev–Trinajstić information content (AvgIpc) is 3.11. The minimum atomic E-state index is -5.12. The molecule has 4 rings (SSSR count). The predicted octanol–water partition coefficient (Wildman–Crippen LogP) is 4.53. The van der Waals surface area contributed by atoms with Gasteiger partial charge in [0.2, 0.25) is 5.88 Å². The Morgan fingerprint density at radius 3 is 2.59 bits per heavy atom. The number of aromatic nitrogens is 3. The number of para-hydroxylation sites is 1. The highest BCUT2D eigenvalue weighted by Gasteiger charge is 2.13. The van der Waals surface area contributed by atoms with E-state index in [0.29, 0.717) is 11.0 Å². The van der Waals surface area contributed by atoms with E-state index in [1.807, 2.05) is 47.4 Å². The van der Waals surface area contributed by atoms with Gasteiger partial charge in [-0.05, 0) is 35.9 Å². The number of halogens is 1. The minimum absolute atomic E-state index is 0.208. The zero-order chi connectivity index (χ0) is 20.4. The Balaban J connectivity index is 1.70. The molecule has 0 aliphatic rings. The van der Waals surface area contributed by atoms with E-state index in [1.54, 1.807) is 12.1 Å². The first kappa shape index (κ1) is 19.2. The highest BCUT2D eigenvalue weighted by molar-refractivity contribution is 7.98. The number of hydrogen-bond acceptors (Lipinski definition) is 7. The van der Waals surface area contributed by atoms with E-state index in [1.165, 1.54) is 30.0 Å². The Bertz CT molecular complexity index is 1290. The van der Waals surface area contributed by atoms with Gasteiger partial charge in [-0.1, -0.05) is 39.9 Å². The van der Waals surface area contributed by atoms with Crippen molar-refractivity contribution in [2.45, 2.75) is 5.16 Å². The van der Waals surface area contributed by atoms with Crippen LogP contribution in [0.4, 0.5) is 3.89 Å². The average molecular weight is 431 g/mol. The molecule has 0 aliphatic heterocycles. The molecule has 0 amide bonds. The molecule has 7 nitrogen and oxygen atoms in total. The summed E-state index contributed by atoms with van der Waals surface area (Å²) in [6.07, 6.45) is 3.75. The molecule has 0 fully saturated rings. The first-order valence-corrected chi connectivity index (χ1v) is 10.9. The lowest BCUT2D eigenvalue weighted by molar-refractivity contribution is 0.432. The van der Waals surface area contributed by atoms with Gasteiger partial charge in [0.05, 0.1) is 5.52 Å². The lowest BCUT2D eigenvalue weighted by Gasteiger charge is -2.10. The molecule has 148 valence electrons. The summed E-state index contributed by atoms with van der Waals surface area (Å²) < 4.78 is 46.0. The predicted molar refractivity (Wildman–Crippen MR) is 108 cm³/mol. The summed E-state index contributed by atoms with van der Waals surface area (Å²) in [6, 6.07) is 17.1. The normalized spacial score (nSPS) is 11.5. The minimum Gasteiger partial charge on any atom is -0.439 e. The SMILES string of the molecule is CSc1nc(Oc2cccc(OS(=O)(=O)F)c2)cc(-n2ccc3ccccc32)n1. The van der Waals surface area contributed by atoms with Crippen LogP contribution >= 0.6 is 11.8 Å². The second-order valence-corrected chi connectivity index (χ2v) is 7.58. The Hall–Kier alpha value is -3.11. The third kappa shape index (κ3) is 4.49. The van der Waals surface area contributed by atoms with Gasteiger partial charge in [-0.15, -0.1) is 0 Å². The van der Waals surface area contributed by atoms with Crippen LogP contribution in [0.5, 0.6) is 17.4 Å². The van der Waals surface area contributed by atoms with Crippen molar-refractivity contribution in [2.75, 3.05) is 6.26 Å². The fraction of sp³-hybridized carbons (Fsp3) is 0.0526. The molecule has 2 aromatic carbocycles. The van der Waals surface area contributed by atoms with Crippen molar-refractivity contribution < 1.29 is 21.2 Å². The van der Waals surface area contributed by atoms with Gasteiger partial charge in [-0.2, -0.15) is 13.4 Å². The van der Waals surface area contributed by atoms with E-state index >= 15 is 0 Å². The molecule has 0 unspecified atom stereocenters. The monoisotopic (exact) mass is 431 g/mol. The maximum absolute atomic E-state index is 12.8. The summed E-state index contributed by atoms with van der Waals surface area (Å²) in [5.41, 5.74) is 0.979. The Morgan fingerprint density at radius 1 is 1.00 bits per heavy atom. The molecule has 0 aliphatic carbocycles. The van der Waals surface area contributed by atoms with Gasteiger partial charge in [0.25, 0.3) is 0 Å². The number of nitrogens with zero attached hydrogens (tertiary/aromatic N) is 3. The lowest BCUT2D eigenvalue weighted by Crippen LogP contribution is -2.02. The molecule has 10 heteroatoms. The van der Waals surface area contributed by atoms with E-state index in [-0.39, 0.29) is 17.4 Å². The van der Waals surface area contributed by atoms with Gasteiger partial charge < -0.3 is 13.5 Å². The van der Waals surface area contributed by atoms with Crippen molar-refractivity contribution in [3.8, 4) is 23.2 Å². The molecular weight excluding hydrogens is 417 g/mol. The first-order chi connectivity index (χ1) is 13.9. The number of rotatable bonds is 6. The van der Waals surface area contributed by atoms with Crippen LogP contribution < -0.4 is 8.92 Å². The second-order valence-electron chi connectivity index (χ2n) is 5.85. The standard InChI is InChI=1S/C19H14FN3O4S2/c1-28-19-21-17(23-10-9-13-5-2-3-8-16(13)23)12-18(22-19)26-14-6-4-7-15(11-14)27-29(20,24)25/h2-12H,1H3. The largest absolute Gasteiger partial charge is 0.488 e. The summed E-state index contributed by atoms with van der Waals surface area (Å²) in [4.78, 5) is 8.86. The number of benzene rings is 2. The van der Waals surface area contributed by atoms with Gasteiger partial charge in [0, 0.05) is 18.3 Å². The highest BCUT2D eigenvalue weighted by atomic mass is 32.3. The zero-order valence-corrected chi connectivity index (χ0v) is 16.7. The van der Waals surface area contributed by atoms with Crippen LogP contribution in [-0.4, -0.2) is 29.2 Å². The Labute approximate surface area is 170 Å². The van der Waals surface area contributed by atoms with E-state index in [9.17, 15) is 12.3 Å². The third-order valence-electron chi connectivity index (χ3n) is 3.92. The molecule has 4 aromatic rings. The van der Waals surface area contributed by atoms with Crippen LogP contribution in [0, 0.1) is 0 Å². The van der Waals surface area contributed by atoms with E-state index in [4.69, 9.17) is 4.74 Å². The van der Waals surface area contributed by atoms with E-state index in [2.05, 4.69) is 14.2 Å². The molecule has 0 saturated heterocycles. The Kier molecular flexibility index (Phi) is 5.12. The molecule has 2 aromatic heterocycles. The van der Waals surface area contributed by atoms with Gasteiger partial charge in [-0.25, -0.2) is 4.98 Å². The quantitative estimate of drug-likeness (QED) is 0.252. The fourth-order valence-corrected chi connectivity index (χ4v) is 3.47. The molecule has 0 radical (unpaired) electrons. The van der Waals surface area contributed by atoms with E-state index in [0.717, 1.165) is 10.9 Å². The highest BCUT2D eigenvalue weighted by Crippen LogP contribution is 2.28. The molecule has 0 N–H and O–H groups in total. The number of fused-ring (bicyclic) bond motifs is 1. The van der Waals surface area contributed by atoms with Crippen LogP contribution in [0.2, 0.25) is 0 Å². The molecule has 0 atom stereocenters. The zero-order valence-electron chi connectivity index (χ0n) is 15.0. The molecule has 2 heterocycles. The van der Waals surface area contributed by atoms with Crippen LogP contribution in [-0.2, 0) is 10.5 Å². The second kappa shape index (κ2) is 7.72. The summed E-state index contributed by atoms with van der Waals surface area (Å²) >= 11 is 1.35. The summed E-state index contributed by atoms with van der Waals surface area (Å²) in [6.45, 7) is 0. The fourth-order valence-electron chi connectivity index (χ4n) is 2.77. The summed E-state index contributed by atoms with van der Waals surface area (Å²) in [5.74, 6) is 0.887. The number of thioether (sulfide) groups is 1. The van der Waals surface area contributed by atoms with Crippen molar-refractivity contribution in [1.29, 1.82) is 0 Å². The molecular formula is C19H14FN3O4S2. The van der Waals surface area contributed by atoms with Crippen molar-refractivity contribution in [2.24, 2.45) is 0 Å². The maximum atomic E-state index is 12.8. The topological polar surface area (TPSA) is 83.3 Å². The lowest BCUT2D eigenvalue weighted by atomic mass is 10.2. The van der Waals surface area contributed by atoms with Crippen molar-refractivity contribution in [3.05, 3.63) is 66.9 Å². The molecule has 0 saturated carbocycles. The maximum Gasteiger partial charge on any atom is 0.488 e. The number of ether oxygens (including phenoxy) is 1. The Morgan fingerprint density at radius 2 is 1.79 bits per heavy atom. The van der Waals surface area contributed by atoms with Crippen LogP contribution in [0.25, 0.3) is 16.7 Å². The van der Waals surface area contributed by atoms with Crippen LogP contribution in [0.1, 0.15) is 0 Å².